The summed E-state index contributed by atoms with van der Waals surface area (Å²) in [7, 11) is 0. The molecular formula is C13H18S. The van der Waals surface area contributed by atoms with Crippen molar-refractivity contribution in [2.75, 3.05) is 0 Å². The van der Waals surface area contributed by atoms with Crippen molar-refractivity contribution in [2.24, 2.45) is 0 Å². The van der Waals surface area contributed by atoms with Crippen LogP contribution in [0.1, 0.15) is 38.2 Å². The highest BCUT2D eigenvalue weighted by atomic mass is 32.2. The van der Waals surface area contributed by atoms with Crippen LogP contribution in [0.3, 0.4) is 0 Å². The van der Waals surface area contributed by atoms with Crippen LogP contribution < -0.4 is 0 Å². The molecule has 0 spiro atoms. The Morgan fingerprint density at radius 1 is 1.29 bits per heavy atom. The van der Waals surface area contributed by atoms with Crippen molar-refractivity contribution >= 4 is 11.8 Å². The third-order valence-corrected chi connectivity index (χ3v) is 4.23. The van der Waals surface area contributed by atoms with Crippen molar-refractivity contribution in [1.82, 2.24) is 0 Å². The summed E-state index contributed by atoms with van der Waals surface area (Å²) in [6, 6.07) is 8.86. The van der Waals surface area contributed by atoms with E-state index >= 15 is 0 Å². The summed E-state index contributed by atoms with van der Waals surface area (Å²) in [4.78, 5) is 1.52. The summed E-state index contributed by atoms with van der Waals surface area (Å²) in [6.07, 6.45) is 6.83. The van der Waals surface area contributed by atoms with E-state index in [0.29, 0.717) is 0 Å². The van der Waals surface area contributed by atoms with Crippen LogP contribution in [0.2, 0.25) is 0 Å². The molecule has 1 aliphatic heterocycles. The van der Waals surface area contributed by atoms with E-state index in [1.165, 1.54) is 37.0 Å². The third-order valence-electron chi connectivity index (χ3n) is 2.84. The monoisotopic (exact) mass is 206 g/mol. The van der Waals surface area contributed by atoms with Gasteiger partial charge in [0.2, 0.25) is 0 Å². The zero-order valence-electron chi connectivity index (χ0n) is 8.83. The highest BCUT2D eigenvalue weighted by Gasteiger charge is 2.20. The zero-order valence-corrected chi connectivity index (χ0v) is 9.65. The Morgan fingerprint density at radius 3 is 2.93 bits per heavy atom. The van der Waals surface area contributed by atoms with Gasteiger partial charge in [-0.1, -0.05) is 44.4 Å². The molecule has 1 unspecified atom stereocenters. The second-order valence-electron chi connectivity index (χ2n) is 4.05. The van der Waals surface area contributed by atoms with Crippen molar-refractivity contribution in [3.8, 4) is 0 Å². The van der Waals surface area contributed by atoms with Gasteiger partial charge in [-0.05, 0) is 24.5 Å². The first-order valence-corrected chi connectivity index (χ1v) is 6.52. The molecule has 76 valence electrons. The lowest BCUT2D eigenvalue weighted by atomic mass is 10.1. The van der Waals surface area contributed by atoms with Crippen molar-refractivity contribution in [3.05, 3.63) is 29.8 Å². The maximum absolute atomic E-state index is 2.28. The van der Waals surface area contributed by atoms with Gasteiger partial charge in [-0.25, -0.2) is 0 Å². The molecule has 0 nitrogen and oxygen atoms in total. The number of rotatable bonds is 4. The predicted molar refractivity (Wildman–Crippen MR) is 63.9 cm³/mol. The number of unbranched alkanes of at least 4 members (excludes halogenated alkanes) is 2. The fraction of sp³-hybridized carbons (Fsp3) is 0.538. The molecular weight excluding hydrogens is 188 g/mol. The van der Waals surface area contributed by atoms with E-state index in [1.807, 2.05) is 0 Å². The molecule has 0 bridgehead atoms. The Kier molecular flexibility index (Phi) is 3.52. The van der Waals surface area contributed by atoms with Gasteiger partial charge in [0.05, 0.1) is 0 Å². The molecule has 0 aromatic heterocycles. The van der Waals surface area contributed by atoms with Gasteiger partial charge in [-0.2, -0.15) is 0 Å². The molecule has 1 aromatic rings. The summed E-state index contributed by atoms with van der Waals surface area (Å²) >= 11 is 2.09. The molecule has 1 atom stereocenters. The van der Waals surface area contributed by atoms with Gasteiger partial charge in [0, 0.05) is 10.1 Å². The Labute approximate surface area is 91.1 Å². The first-order valence-electron chi connectivity index (χ1n) is 5.64. The standard InChI is InChI=1S/C13H18S/c1-2-3-4-8-12-10-11-7-5-6-9-13(11)14-12/h5-7,9,12H,2-4,8,10H2,1H3. The number of hydrogen-bond acceptors (Lipinski definition) is 1. The number of thioether (sulfide) groups is 1. The molecule has 0 aliphatic carbocycles. The van der Waals surface area contributed by atoms with Gasteiger partial charge in [-0.15, -0.1) is 11.8 Å². The van der Waals surface area contributed by atoms with E-state index in [0.717, 1.165) is 5.25 Å². The van der Waals surface area contributed by atoms with Crippen LogP contribution in [0, 0.1) is 0 Å². The first-order chi connectivity index (χ1) is 6.90. The highest BCUT2D eigenvalue weighted by Crippen LogP contribution is 2.38. The van der Waals surface area contributed by atoms with Gasteiger partial charge in [-0.3, -0.25) is 0 Å². The minimum Gasteiger partial charge on any atom is -0.122 e. The SMILES string of the molecule is CCCCCC1Cc2ccccc2S1. The van der Waals surface area contributed by atoms with E-state index in [2.05, 4.69) is 43.0 Å². The maximum Gasteiger partial charge on any atom is 0.0135 e. The summed E-state index contributed by atoms with van der Waals surface area (Å²) in [6.45, 7) is 2.27. The third kappa shape index (κ3) is 2.33. The van der Waals surface area contributed by atoms with Gasteiger partial charge in [0.15, 0.2) is 0 Å². The van der Waals surface area contributed by atoms with Gasteiger partial charge >= 0.3 is 0 Å². The van der Waals surface area contributed by atoms with Crippen LogP contribution in [0.25, 0.3) is 0 Å². The number of fused-ring (bicyclic) bond motifs is 1. The minimum absolute atomic E-state index is 0.860. The van der Waals surface area contributed by atoms with Crippen LogP contribution in [-0.2, 0) is 6.42 Å². The fourth-order valence-electron chi connectivity index (χ4n) is 2.04. The van der Waals surface area contributed by atoms with Gasteiger partial charge in [0.25, 0.3) is 0 Å². The second-order valence-corrected chi connectivity index (χ2v) is 5.39. The Balaban J connectivity index is 1.86. The molecule has 0 saturated carbocycles. The van der Waals surface area contributed by atoms with E-state index < -0.39 is 0 Å². The van der Waals surface area contributed by atoms with Crippen LogP contribution in [0.4, 0.5) is 0 Å². The predicted octanol–water partition coefficient (Wildman–Crippen LogP) is 4.28. The lowest BCUT2D eigenvalue weighted by Crippen LogP contribution is -1.99. The number of benzene rings is 1. The summed E-state index contributed by atoms with van der Waals surface area (Å²) in [5, 5.41) is 0.860. The summed E-state index contributed by atoms with van der Waals surface area (Å²) in [5.74, 6) is 0. The lowest BCUT2D eigenvalue weighted by Gasteiger charge is -2.06. The summed E-state index contributed by atoms with van der Waals surface area (Å²) < 4.78 is 0. The molecule has 0 radical (unpaired) electrons. The molecule has 0 fully saturated rings. The number of hydrogen-bond donors (Lipinski definition) is 0. The van der Waals surface area contributed by atoms with Crippen molar-refractivity contribution in [3.63, 3.8) is 0 Å². The Bertz CT molecular complexity index is 268. The van der Waals surface area contributed by atoms with Crippen LogP contribution in [0.5, 0.6) is 0 Å². The van der Waals surface area contributed by atoms with E-state index in [1.54, 1.807) is 5.56 Å². The van der Waals surface area contributed by atoms with Crippen molar-refractivity contribution < 1.29 is 0 Å². The highest BCUT2D eigenvalue weighted by molar-refractivity contribution is 8.00. The Hall–Kier alpha value is -0.430. The van der Waals surface area contributed by atoms with Crippen LogP contribution in [-0.4, -0.2) is 5.25 Å². The molecule has 2 rings (SSSR count). The quantitative estimate of drug-likeness (QED) is 0.662. The molecule has 0 N–H and O–H groups in total. The molecule has 0 saturated heterocycles. The van der Waals surface area contributed by atoms with Crippen molar-refractivity contribution in [1.29, 1.82) is 0 Å². The average Bonchev–Trinajstić information content (AvgIpc) is 2.60. The van der Waals surface area contributed by atoms with Crippen molar-refractivity contribution in [2.45, 2.75) is 49.2 Å². The van der Waals surface area contributed by atoms with E-state index in [-0.39, 0.29) is 0 Å². The average molecular weight is 206 g/mol. The molecule has 0 amide bonds. The van der Waals surface area contributed by atoms with E-state index in [9.17, 15) is 0 Å². The molecule has 1 heteroatoms. The minimum atomic E-state index is 0.860. The largest absolute Gasteiger partial charge is 0.122 e. The van der Waals surface area contributed by atoms with Crippen LogP contribution in [0.15, 0.2) is 29.2 Å². The fourth-order valence-corrected chi connectivity index (χ4v) is 3.40. The molecule has 1 aliphatic rings. The Morgan fingerprint density at radius 2 is 2.14 bits per heavy atom. The zero-order chi connectivity index (χ0) is 9.80. The molecule has 1 heterocycles. The second kappa shape index (κ2) is 4.88. The summed E-state index contributed by atoms with van der Waals surface area (Å²) in [5.41, 5.74) is 1.57. The van der Waals surface area contributed by atoms with Gasteiger partial charge < -0.3 is 0 Å². The topological polar surface area (TPSA) is 0 Å². The van der Waals surface area contributed by atoms with Crippen LogP contribution >= 0.6 is 11.8 Å². The lowest BCUT2D eigenvalue weighted by molar-refractivity contribution is 0.647. The van der Waals surface area contributed by atoms with E-state index in [4.69, 9.17) is 0 Å². The molecule has 1 aromatic carbocycles. The maximum atomic E-state index is 2.28. The smallest absolute Gasteiger partial charge is 0.0135 e. The first kappa shape index (κ1) is 10.1. The van der Waals surface area contributed by atoms with Gasteiger partial charge in [0.1, 0.15) is 0 Å². The molecule has 14 heavy (non-hydrogen) atoms. The normalized spacial score (nSPS) is 19.6.